The zero-order valence-corrected chi connectivity index (χ0v) is 19.2. The van der Waals surface area contributed by atoms with Crippen molar-refractivity contribution in [3.05, 3.63) is 53.1 Å². The van der Waals surface area contributed by atoms with E-state index in [1.807, 2.05) is 32.3 Å². The lowest BCUT2D eigenvalue weighted by atomic mass is 10.1. The Morgan fingerprint density at radius 2 is 1.90 bits per heavy atom. The smallest absolute Gasteiger partial charge is 0.260 e. The highest BCUT2D eigenvalue weighted by molar-refractivity contribution is 7.22. The summed E-state index contributed by atoms with van der Waals surface area (Å²) < 4.78 is 6.43. The molecule has 0 unspecified atom stereocenters. The Kier molecular flexibility index (Phi) is 8.02. The standard InChI is InChI=1S/C22H27N3O2S.ClH/c1-15-12-16(2)20-19(13-15)23-22(28-20)25(11-7-10-24(3)4)21(26)17-8-6-9-18(14-17)27-5;/h6,8-9,12-14H,7,10-11H2,1-5H3;1H. The van der Waals surface area contributed by atoms with Crippen LogP contribution in [0.1, 0.15) is 27.9 Å². The number of anilines is 1. The molecule has 0 aliphatic rings. The molecule has 3 rings (SSSR count). The molecule has 0 fully saturated rings. The second-order valence-electron chi connectivity index (χ2n) is 7.27. The van der Waals surface area contributed by atoms with Crippen molar-refractivity contribution in [3.8, 4) is 5.75 Å². The van der Waals surface area contributed by atoms with Crippen LogP contribution in [-0.4, -0.2) is 50.1 Å². The molecule has 156 valence electrons. The van der Waals surface area contributed by atoms with E-state index in [-0.39, 0.29) is 18.3 Å². The van der Waals surface area contributed by atoms with Crippen molar-refractivity contribution in [2.75, 3.05) is 39.2 Å². The van der Waals surface area contributed by atoms with Gasteiger partial charge in [-0.2, -0.15) is 0 Å². The largest absolute Gasteiger partial charge is 0.497 e. The summed E-state index contributed by atoms with van der Waals surface area (Å²) in [6, 6.07) is 11.5. The summed E-state index contributed by atoms with van der Waals surface area (Å²) in [7, 11) is 5.69. The molecule has 5 nitrogen and oxygen atoms in total. The van der Waals surface area contributed by atoms with Crippen LogP contribution in [-0.2, 0) is 0 Å². The topological polar surface area (TPSA) is 45.7 Å². The van der Waals surface area contributed by atoms with Crippen molar-refractivity contribution >= 4 is 45.0 Å². The van der Waals surface area contributed by atoms with Crippen molar-refractivity contribution < 1.29 is 9.53 Å². The molecule has 1 aromatic heterocycles. The number of carbonyl (C=O) groups is 1. The number of aryl methyl sites for hydroxylation is 2. The number of aromatic nitrogens is 1. The van der Waals surface area contributed by atoms with E-state index in [4.69, 9.17) is 9.72 Å². The normalized spacial score (nSPS) is 10.8. The third kappa shape index (κ3) is 5.47. The number of hydrogen-bond acceptors (Lipinski definition) is 5. The molecule has 0 radical (unpaired) electrons. The average molecular weight is 434 g/mol. The van der Waals surface area contributed by atoms with Gasteiger partial charge in [0.25, 0.3) is 5.91 Å². The summed E-state index contributed by atoms with van der Waals surface area (Å²) in [5.74, 6) is 0.626. The van der Waals surface area contributed by atoms with Gasteiger partial charge in [0.2, 0.25) is 0 Å². The SMILES string of the molecule is COc1cccc(C(=O)N(CCCN(C)C)c2nc3cc(C)cc(C)c3s2)c1.Cl. The second-order valence-corrected chi connectivity index (χ2v) is 8.25. The minimum atomic E-state index is -0.0499. The van der Waals surface area contributed by atoms with Gasteiger partial charge in [0.15, 0.2) is 5.13 Å². The zero-order chi connectivity index (χ0) is 20.3. The monoisotopic (exact) mass is 433 g/mol. The lowest BCUT2D eigenvalue weighted by Gasteiger charge is -2.21. The van der Waals surface area contributed by atoms with E-state index in [0.717, 1.165) is 28.3 Å². The van der Waals surface area contributed by atoms with E-state index in [1.54, 1.807) is 29.4 Å². The highest BCUT2D eigenvalue weighted by Gasteiger charge is 2.22. The van der Waals surface area contributed by atoms with Crippen LogP contribution < -0.4 is 9.64 Å². The Bertz CT molecular complexity index is 987. The zero-order valence-electron chi connectivity index (χ0n) is 17.6. The van der Waals surface area contributed by atoms with E-state index >= 15 is 0 Å². The van der Waals surface area contributed by atoms with Crippen LogP contribution in [0, 0.1) is 13.8 Å². The molecular formula is C22H28ClN3O2S. The molecule has 2 aromatic carbocycles. The molecule has 0 aliphatic carbocycles. The molecule has 0 saturated heterocycles. The van der Waals surface area contributed by atoms with Gasteiger partial charge >= 0.3 is 0 Å². The Morgan fingerprint density at radius 3 is 2.59 bits per heavy atom. The Labute approximate surface area is 182 Å². The maximum absolute atomic E-state index is 13.3. The Morgan fingerprint density at radius 1 is 1.14 bits per heavy atom. The maximum Gasteiger partial charge on any atom is 0.260 e. The fourth-order valence-electron chi connectivity index (χ4n) is 3.22. The number of thiazole rings is 1. The molecule has 0 N–H and O–H groups in total. The first-order chi connectivity index (χ1) is 13.4. The first-order valence-corrected chi connectivity index (χ1v) is 10.2. The highest BCUT2D eigenvalue weighted by atomic mass is 35.5. The van der Waals surface area contributed by atoms with Crippen molar-refractivity contribution in [1.82, 2.24) is 9.88 Å². The molecule has 1 heterocycles. The fourth-order valence-corrected chi connectivity index (χ4v) is 4.26. The van der Waals surface area contributed by atoms with Gasteiger partial charge in [-0.05, 0) is 76.3 Å². The lowest BCUT2D eigenvalue weighted by molar-refractivity contribution is 0.0985. The number of benzene rings is 2. The number of amides is 1. The molecule has 0 bridgehead atoms. The molecule has 29 heavy (non-hydrogen) atoms. The first kappa shape index (κ1) is 23.1. The number of methoxy groups -OCH3 is 1. The Hall–Kier alpha value is -2.15. The molecule has 1 amide bonds. The van der Waals surface area contributed by atoms with Crippen molar-refractivity contribution in [1.29, 1.82) is 0 Å². The molecule has 0 saturated carbocycles. The number of fused-ring (bicyclic) bond motifs is 1. The van der Waals surface area contributed by atoms with E-state index < -0.39 is 0 Å². The minimum absolute atomic E-state index is 0. The van der Waals surface area contributed by atoms with Gasteiger partial charge in [-0.1, -0.05) is 23.5 Å². The van der Waals surface area contributed by atoms with Crippen LogP contribution in [0.15, 0.2) is 36.4 Å². The molecular weight excluding hydrogens is 406 g/mol. The summed E-state index contributed by atoms with van der Waals surface area (Å²) in [4.78, 5) is 22.1. The van der Waals surface area contributed by atoms with E-state index in [2.05, 4.69) is 30.9 Å². The molecule has 7 heteroatoms. The van der Waals surface area contributed by atoms with Gasteiger partial charge < -0.3 is 9.64 Å². The van der Waals surface area contributed by atoms with Crippen LogP contribution in [0.3, 0.4) is 0 Å². The van der Waals surface area contributed by atoms with Gasteiger partial charge in [0.1, 0.15) is 5.75 Å². The number of rotatable bonds is 7. The van der Waals surface area contributed by atoms with Crippen molar-refractivity contribution in [2.45, 2.75) is 20.3 Å². The Balaban J connectivity index is 0.00000300. The first-order valence-electron chi connectivity index (χ1n) is 9.37. The van der Waals surface area contributed by atoms with Crippen LogP contribution in [0.5, 0.6) is 5.75 Å². The van der Waals surface area contributed by atoms with Crippen LogP contribution in [0.2, 0.25) is 0 Å². The van der Waals surface area contributed by atoms with E-state index in [1.165, 1.54) is 11.1 Å². The molecule has 0 aliphatic heterocycles. The fraction of sp³-hybridized carbons (Fsp3) is 0.364. The van der Waals surface area contributed by atoms with Gasteiger partial charge in [0, 0.05) is 12.1 Å². The lowest BCUT2D eigenvalue weighted by Crippen LogP contribution is -2.33. The summed E-state index contributed by atoms with van der Waals surface area (Å²) in [5, 5.41) is 0.746. The number of carbonyl (C=O) groups excluding carboxylic acids is 1. The molecule has 0 atom stereocenters. The third-order valence-corrected chi connectivity index (χ3v) is 5.82. The summed E-state index contributed by atoms with van der Waals surface area (Å²) in [6.07, 6.45) is 0.872. The average Bonchev–Trinajstić information content (AvgIpc) is 3.08. The molecule has 0 spiro atoms. The van der Waals surface area contributed by atoms with Gasteiger partial charge in [-0.3, -0.25) is 9.69 Å². The van der Waals surface area contributed by atoms with Crippen LogP contribution >= 0.6 is 23.7 Å². The second kappa shape index (κ2) is 10.1. The minimum Gasteiger partial charge on any atom is -0.497 e. The van der Waals surface area contributed by atoms with Gasteiger partial charge in [-0.15, -0.1) is 12.4 Å². The van der Waals surface area contributed by atoms with Gasteiger partial charge in [-0.25, -0.2) is 4.98 Å². The summed E-state index contributed by atoms with van der Waals surface area (Å²) in [5.41, 5.74) is 3.94. The van der Waals surface area contributed by atoms with Crippen molar-refractivity contribution in [2.24, 2.45) is 0 Å². The number of hydrogen-bond donors (Lipinski definition) is 0. The predicted octanol–water partition coefficient (Wildman–Crippen LogP) is 4.94. The van der Waals surface area contributed by atoms with Crippen molar-refractivity contribution in [3.63, 3.8) is 0 Å². The number of ether oxygens (including phenoxy) is 1. The number of nitrogens with zero attached hydrogens (tertiary/aromatic N) is 3. The third-order valence-electron chi connectivity index (χ3n) is 4.59. The van der Waals surface area contributed by atoms with Crippen LogP contribution in [0.25, 0.3) is 10.2 Å². The van der Waals surface area contributed by atoms with Gasteiger partial charge in [0.05, 0.1) is 17.3 Å². The number of halogens is 1. The van der Waals surface area contributed by atoms with E-state index in [0.29, 0.717) is 17.9 Å². The van der Waals surface area contributed by atoms with Crippen LogP contribution in [0.4, 0.5) is 5.13 Å². The molecule has 3 aromatic rings. The summed E-state index contributed by atoms with van der Waals surface area (Å²) in [6.45, 7) is 5.69. The highest BCUT2D eigenvalue weighted by Crippen LogP contribution is 2.33. The maximum atomic E-state index is 13.3. The predicted molar refractivity (Wildman–Crippen MR) is 124 cm³/mol. The quantitative estimate of drug-likeness (QED) is 0.529. The van der Waals surface area contributed by atoms with E-state index in [9.17, 15) is 4.79 Å². The summed E-state index contributed by atoms with van der Waals surface area (Å²) >= 11 is 1.58.